The first-order chi connectivity index (χ1) is 4.86. The van der Waals surface area contributed by atoms with Crippen LogP contribution in [0.5, 0.6) is 0 Å². The summed E-state index contributed by atoms with van der Waals surface area (Å²) in [5.74, 6) is 0. The fourth-order valence-corrected chi connectivity index (χ4v) is 1.18. The van der Waals surface area contributed by atoms with Crippen LogP contribution in [0.1, 0.15) is 0 Å². The van der Waals surface area contributed by atoms with Gasteiger partial charge in [0.25, 0.3) is 0 Å². The Balaban J connectivity index is 2.29. The largest absolute Gasteiger partial charge is 0.297 e. The Morgan fingerprint density at radius 3 is 3.20 bits per heavy atom. The second-order valence-electron chi connectivity index (χ2n) is 2.39. The number of nitrogens with one attached hydrogen (secondary N) is 1. The number of aliphatic imine (C=N–C) groups is 1. The summed E-state index contributed by atoms with van der Waals surface area (Å²) in [6.45, 7) is 0. The molecule has 0 spiro atoms. The zero-order valence-electron chi connectivity index (χ0n) is 5.49. The number of nitrogens with two attached hydrogens (primary N) is 1. The maximum atomic E-state index is 5.53. The molecule has 1 aliphatic heterocycles. The summed E-state index contributed by atoms with van der Waals surface area (Å²) in [5.41, 5.74) is 6.57. The van der Waals surface area contributed by atoms with Gasteiger partial charge in [-0.15, -0.1) is 0 Å². The molecule has 0 saturated carbocycles. The molecule has 2 rings (SSSR count). The molecule has 52 valence electrons. The number of rotatable bonds is 0. The van der Waals surface area contributed by atoms with Gasteiger partial charge in [-0.05, 0) is 6.08 Å². The molecule has 0 aromatic heterocycles. The molecule has 0 amide bonds. The summed E-state index contributed by atoms with van der Waals surface area (Å²) >= 11 is 0. The van der Waals surface area contributed by atoms with Crippen LogP contribution < -0.4 is 11.1 Å². The Morgan fingerprint density at radius 1 is 1.50 bits per heavy atom. The predicted octanol–water partition coefficient (Wildman–Crippen LogP) is -0.233. The molecule has 0 radical (unpaired) electrons. The second kappa shape index (κ2) is 2.04. The smallest absolute Gasteiger partial charge is 0.152 e. The summed E-state index contributed by atoms with van der Waals surface area (Å²) in [4.78, 5) is 4.16. The minimum absolute atomic E-state index is 0.215. The highest BCUT2D eigenvalue weighted by atomic mass is 15.2. The van der Waals surface area contributed by atoms with E-state index < -0.39 is 0 Å². The molecule has 0 fully saturated rings. The van der Waals surface area contributed by atoms with Gasteiger partial charge in [-0.3, -0.25) is 16.0 Å². The van der Waals surface area contributed by atoms with Gasteiger partial charge in [0.15, 0.2) is 6.29 Å². The first kappa shape index (κ1) is 5.82. The third kappa shape index (κ3) is 0.798. The SMILES string of the molecule is NC1N=C2C=CC=CC2N1. The highest BCUT2D eigenvalue weighted by molar-refractivity contribution is 6.03. The van der Waals surface area contributed by atoms with Gasteiger partial charge >= 0.3 is 0 Å². The van der Waals surface area contributed by atoms with Crippen molar-refractivity contribution >= 4 is 5.71 Å². The molecule has 3 nitrogen and oxygen atoms in total. The van der Waals surface area contributed by atoms with Crippen LogP contribution >= 0.6 is 0 Å². The van der Waals surface area contributed by atoms with Crippen LogP contribution in [0.2, 0.25) is 0 Å². The molecule has 2 aliphatic rings. The van der Waals surface area contributed by atoms with E-state index in [1.54, 1.807) is 0 Å². The van der Waals surface area contributed by atoms with Crippen molar-refractivity contribution in [3.63, 3.8) is 0 Å². The van der Waals surface area contributed by atoms with E-state index in [0.29, 0.717) is 0 Å². The van der Waals surface area contributed by atoms with E-state index in [1.165, 1.54) is 0 Å². The van der Waals surface area contributed by atoms with Gasteiger partial charge in [-0.25, -0.2) is 0 Å². The van der Waals surface area contributed by atoms with Crippen LogP contribution in [0.25, 0.3) is 0 Å². The highest BCUT2D eigenvalue weighted by Gasteiger charge is 2.21. The summed E-state index contributed by atoms with van der Waals surface area (Å²) in [6.07, 6.45) is 7.77. The molecule has 2 atom stereocenters. The van der Waals surface area contributed by atoms with Crippen molar-refractivity contribution < 1.29 is 0 Å². The van der Waals surface area contributed by atoms with Gasteiger partial charge in [0.2, 0.25) is 0 Å². The average molecular weight is 135 g/mol. The fraction of sp³-hybridized carbons (Fsp3) is 0.286. The predicted molar refractivity (Wildman–Crippen MR) is 40.6 cm³/mol. The number of allylic oxidation sites excluding steroid dienone is 2. The second-order valence-corrected chi connectivity index (χ2v) is 2.39. The fourth-order valence-electron chi connectivity index (χ4n) is 1.18. The Hall–Kier alpha value is -0.930. The number of hydrogen-bond donors (Lipinski definition) is 2. The van der Waals surface area contributed by atoms with Crippen LogP contribution in [-0.2, 0) is 0 Å². The van der Waals surface area contributed by atoms with Gasteiger partial charge in [0.1, 0.15) is 0 Å². The summed E-state index contributed by atoms with van der Waals surface area (Å²) in [5, 5.41) is 3.09. The molecule has 3 heteroatoms. The lowest BCUT2D eigenvalue weighted by molar-refractivity contribution is 0.594. The molecule has 1 aliphatic carbocycles. The zero-order valence-corrected chi connectivity index (χ0v) is 5.49. The summed E-state index contributed by atoms with van der Waals surface area (Å²) in [7, 11) is 0. The Kier molecular flexibility index (Phi) is 1.19. The van der Waals surface area contributed by atoms with E-state index in [-0.39, 0.29) is 12.3 Å². The van der Waals surface area contributed by atoms with Crippen LogP contribution in [0.3, 0.4) is 0 Å². The standard InChI is InChI=1S/C7H9N3/c8-7-9-5-3-1-2-4-6(5)10-7/h1-5,7,9H,8H2. The quantitative estimate of drug-likeness (QED) is 0.482. The van der Waals surface area contributed by atoms with Crippen molar-refractivity contribution in [2.24, 2.45) is 10.7 Å². The maximum Gasteiger partial charge on any atom is 0.152 e. The van der Waals surface area contributed by atoms with Gasteiger partial charge in [0, 0.05) is 0 Å². The summed E-state index contributed by atoms with van der Waals surface area (Å²) in [6, 6.07) is 0.250. The van der Waals surface area contributed by atoms with Crippen LogP contribution in [0.4, 0.5) is 0 Å². The molecular formula is C7H9N3. The Bertz CT molecular complexity index is 227. The number of fused-ring (bicyclic) bond motifs is 1. The Labute approximate surface area is 59.3 Å². The van der Waals surface area contributed by atoms with Gasteiger partial charge in [-0.1, -0.05) is 18.2 Å². The highest BCUT2D eigenvalue weighted by Crippen LogP contribution is 2.07. The van der Waals surface area contributed by atoms with Gasteiger partial charge in [-0.2, -0.15) is 0 Å². The van der Waals surface area contributed by atoms with Crippen LogP contribution in [0.15, 0.2) is 29.3 Å². The lowest BCUT2D eigenvalue weighted by Gasteiger charge is -2.08. The van der Waals surface area contributed by atoms with E-state index in [0.717, 1.165) is 5.71 Å². The molecule has 0 bridgehead atoms. The number of hydrogen-bond acceptors (Lipinski definition) is 3. The monoisotopic (exact) mass is 135 g/mol. The van der Waals surface area contributed by atoms with Gasteiger partial charge in [0.05, 0.1) is 11.8 Å². The molecule has 0 aromatic rings. The van der Waals surface area contributed by atoms with Crippen molar-refractivity contribution in [1.82, 2.24) is 5.32 Å². The molecule has 2 unspecified atom stereocenters. The van der Waals surface area contributed by atoms with E-state index >= 15 is 0 Å². The number of nitrogens with zero attached hydrogens (tertiary/aromatic N) is 1. The van der Waals surface area contributed by atoms with E-state index in [1.807, 2.05) is 24.3 Å². The Morgan fingerprint density at radius 2 is 2.40 bits per heavy atom. The minimum atomic E-state index is -0.215. The van der Waals surface area contributed by atoms with Crippen molar-refractivity contribution in [1.29, 1.82) is 0 Å². The minimum Gasteiger partial charge on any atom is -0.297 e. The first-order valence-electron chi connectivity index (χ1n) is 3.30. The van der Waals surface area contributed by atoms with Crippen LogP contribution in [-0.4, -0.2) is 18.0 Å². The van der Waals surface area contributed by atoms with E-state index in [9.17, 15) is 0 Å². The third-order valence-electron chi connectivity index (χ3n) is 1.64. The van der Waals surface area contributed by atoms with Crippen molar-refractivity contribution in [3.05, 3.63) is 24.3 Å². The molecule has 10 heavy (non-hydrogen) atoms. The first-order valence-corrected chi connectivity index (χ1v) is 3.30. The average Bonchev–Trinajstić information content (AvgIpc) is 2.27. The maximum absolute atomic E-state index is 5.53. The van der Waals surface area contributed by atoms with Gasteiger partial charge < -0.3 is 0 Å². The van der Waals surface area contributed by atoms with E-state index in [2.05, 4.69) is 10.3 Å². The molecule has 0 aromatic carbocycles. The summed E-state index contributed by atoms with van der Waals surface area (Å²) < 4.78 is 0. The van der Waals surface area contributed by atoms with Crippen molar-refractivity contribution in [3.8, 4) is 0 Å². The third-order valence-corrected chi connectivity index (χ3v) is 1.64. The zero-order chi connectivity index (χ0) is 6.97. The topological polar surface area (TPSA) is 50.4 Å². The molecule has 3 N–H and O–H groups in total. The molecule has 1 heterocycles. The van der Waals surface area contributed by atoms with E-state index in [4.69, 9.17) is 5.73 Å². The lowest BCUT2D eigenvalue weighted by atomic mass is 10.1. The van der Waals surface area contributed by atoms with Crippen molar-refractivity contribution in [2.45, 2.75) is 12.3 Å². The van der Waals surface area contributed by atoms with Crippen molar-refractivity contribution in [2.75, 3.05) is 0 Å². The van der Waals surface area contributed by atoms with Crippen LogP contribution in [0, 0.1) is 0 Å². The molecular weight excluding hydrogens is 126 g/mol. The lowest BCUT2D eigenvalue weighted by Crippen LogP contribution is -2.37. The normalized spacial score (nSPS) is 35.9. The molecule has 0 saturated heterocycles.